The molecule has 1 unspecified atom stereocenters. The minimum atomic E-state index is -1.04. The molecule has 1 atom stereocenters. The third-order valence-corrected chi connectivity index (χ3v) is 9.49. The summed E-state index contributed by atoms with van der Waals surface area (Å²) in [6.07, 6.45) is 11.1. The minimum Gasteiger partial charge on any atom is -0.348 e. The zero-order valence-electron chi connectivity index (χ0n) is 25.2. The van der Waals surface area contributed by atoms with Crippen molar-refractivity contribution in [2.75, 3.05) is 96.5 Å². The van der Waals surface area contributed by atoms with Crippen molar-refractivity contribution in [1.82, 2.24) is 55.5 Å². The molecular weight excluding hydrogens is 556 g/mol. The molecule has 2 amide bonds. The van der Waals surface area contributed by atoms with Crippen LogP contribution in [0.5, 0.6) is 0 Å². The molecule has 44 heavy (non-hydrogen) atoms. The monoisotopic (exact) mass is 598 g/mol. The zero-order valence-corrected chi connectivity index (χ0v) is 25.2. The lowest BCUT2D eigenvalue weighted by Gasteiger charge is -2.69. The summed E-state index contributed by atoms with van der Waals surface area (Å²) in [5.74, 6) is -0.347. The van der Waals surface area contributed by atoms with Gasteiger partial charge in [-0.25, -0.2) is 14.8 Å². The summed E-state index contributed by atoms with van der Waals surface area (Å²) in [4.78, 5) is 46.0. The van der Waals surface area contributed by atoms with Crippen molar-refractivity contribution in [3.63, 3.8) is 0 Å². The second kappa shape index (κ2) is 12.7. The Morgan fingerprint density at radius 3 is 1.86 bits per heavy atom. The van der Waals surface area contributed by atoms with E-state index in [0.717, 1.165) is 76.7 Å². The minimum absolute atomic E-state index is 0.0590. The van der Waals surface area contributed by atoms with Gasteiger partial charge in [0.2, 0.25) is 0 Å². The molecule has 0 aromatic carbocycles. The fourth-order valence-corrected chi connectivity index (χ4v) is 7.77. The van der Waals surface area contributed by atoms with Gasteiger partial charge in [0, 0.05) is 123 Å². The second-order valence-corrected chi connectivity index (χ2v) is 11.7. The van der Waals surface area contributed by atoms with E-state index in [1.54, 1.807) is 6.20 Å². The first kappa shape index (κ1) is 29.0. The number of carbonyl (C=O) groups excluding carboxylic acids is 1. The molecule has 4 fully saturated rings. The predicted molar refractivity (Wildman–Crippen MR) is 167 cm³/mol. The molecule has 4 aliphatic heterocycles. The Labute approximate surface area is 258 Å². The van der Waals surface area contributed by atoms with Crippen molar-refractivity contribution in [3.05, 3.63) is 78.9 Å². The van der Waals surface area contributed by atoms with Crippen molar-refractivity contribution in [1.29, 1.82) is 0 Å². The quantitative estimate of drug-likeness (QED) is 0.363. The molecule has 3 aromatic heterocycles. The van der Waals surface area contributed by atoms with Crippen molar-refractivity contribution in [3.8, 4) is 0 Å². The average Bonchev–Trinajstić information content (AvgIpc) is 3.12. The van der Waals surface area contributed by atoms with Crippen LogP contribution in [0.1, 0.15) is 11.4 Å². The van der Waals surface area contributed by atoms with Gasteiger partial charge in [0.15, 0.2) is 17.2 Å². The van der Waals surface area contributed by atoms with Crippen molar-refractivity contribution < 1.29 is 4.79 Å². The molecule has 4 aliphatic rings. The molecule has 4 saturated heterocycles. The molecule has 0 aliphatic carbocycles. The van der Waals surface area contributed by atoms with Crippen LogP contribution in [0.15, 0.2) is 67.5 Å². The topological polar surface area (TPSA) is 121 Å². The number of urea groups is 1. The maximum Gasteiger partial charge on any atom is 0.322 e. The zero-order chi connectivity index (χ0) is 29.8. The largest absolute Gasteiger partial charge is 0.348 e. The Balaban J connectivity index is 1.59. The summed E-state index contributed by atoms with van der Waals surface area (Å²) in [5.41, 5.74) is 0.898. The summed E-state index contributed by atoms with van der Waals surface area (Å²) in [6.45, 7) is 10.3. The first-order valence-electron chi connectivity index (χ1n) is 15.8. The van der Waals surface area contributed by atoms with Crippen LogP contribution in [-0.4, -0.2) is 143 Å². The number of aromatic nitrogens is 4. The number of hydrogen-bond acceptors (Lipinski definition) is 11. The normalized spacial score (nSPS) is 25.1. The molecule has 13 heteroatoms. The molecule has 3 aromatic rings. The highest BCUT2D eigenvalue weighted by Crippen LogP contribution is 2.54. The van der Waals surface area contributed by atoms with E-state index in [1.165, 1.54) is 0 Å². The number of carbonyl (C=O) groups is 1. The maximum atomic E-state index is 15.1. The first-order valence-corrected chi connectivity index (χ1v) is 15.8. The van der Waals surface area contributed by atoms with Crippen LogP contribution < -0.4 is 20.9 Å². The Morgan fingerprint density at radius 1 is 0.659 bits per heavy atom. The SMILES string of the molecule is O=C(N1CCNCC1)N1CCN(c2cccnc2)C(c2ccncc2)(c2ncccn2)C1(N1CCNCC1)N1CCNCC1. The van der Waals surface area contributed by atoms with E-state index in [4.69, 9.17) is 9.97 Å². The highest BCUT2D eigenvalue weighted by atomic mass is 16.2. The summed E-state index contributed by atoms with van der Waals surface area (Å²) in [5, 5.41) is 10.6. The van der Waals surface area contributed by atoms with Crippen molar-refractivity contribution >= 4 is 11.7 Å². The van der Waals surface area contributed by atoms with Gasteiger partial charge in [-0.05, 0) is 35.9 Å². The number of nitrogens with zero attached hydrogens (tertiary/aromatic N) is 9. The summed E-state index contributed by atoms with van der Waals surface area (Å²) < 4.78 is 0. The first-order chi connectivity index (χ1) is 21.8. The van der Waals surface area contributed by atoms with Crippen LogP contribution in [0.2, 0.25) is 0 Å². The van der Waals surface area contributed by atoms with Gasteiger partial charge in [0.1, 0.15) is 0 Å². The number of hydrogen-bond donors (Lipinski definition) is 3. The van der Waals surface area contributed by atoms with Gasteiger partial charge in [-0.15, -0.1) is 0 Å². The molecule has 13 nitrogen and oxygen atoms in total. The lowest BCUT2D eigenvalue weighted by molar-refractivity contribution is -0.210. The van der Waals surface area contributed by atoms with Gasteiger partial charge in [-0.3, -0.25) is 24.7 Å². The van der Waals surface area contributed by atoms with E-state index in [0.29, 0.717) is 32.0 Å². The van der Waals surface area contributed by atoms with E-state index in [1.807, 2.05) is 48.0 Å². The number of anilines is 1. The molecule has 0 saturated carbocycles. The van der Waals surface area contributed by atoms with E-state index in [9.17, 15) is 0 Å². The molecular formula is C31H42N12O. The summed E-state index contributed by atoms with van der Waals surface area (Å²) in [7, 11) is 0. The van der Waals surface area contributed by atoms with Gasteiger partial charge < -0.3 is 25.8 Å². The van der Waals surface area contributed by atoms with Gasteiger partial charge in [0.05, 0.1) is 11.9 Å². The van der Waals surface area contributed by atoms with Crippen LogP contribution in [0.4, 0.5) is 10.5 Å². The third-order valence-electron chi connectivity index (χ3n) is 9.49. The van der Waals surface area contributed by atoms with Gasteiger partial charge in [0.25, 0.3) is 0 Å². The van der Waals surface area contributed by atoms with Crippen LogP contribution >= 0.6 is 0 Å². The Bertz CT molecular complexity index is 1300. The van der Waals surface area contributed by atoms with Gasteiger partial charge in [-0.2, -0.15) is 0 Å². The fraction of sp³-hybridized carbons (Fsp3) is 0.516. The summed E-state index contributed by atoms with van der Waals surface area (Å²) >= 11 is 0. The van der Waals surface area contributed by atoms with Crippen molar-refractivity contribution in [2.45, 2.75) is 11.3 Å². The van der Waals surface area contributed by atoms with Crippen molar-refractivity contribution in [2.24, 2.45) is 0 Å². The number of rotatable bonds is 5. The Kier molecular flexibility index (Phi) is 8.37. The highest BCUT2D eigenvalue weighted by Gasteiger charge is 2.71. The van der Waals surface area contributed by atoms with Crippen LogP contribution in [0.25, 0.3) is 0 Å². The number of pyridine rings is 2. The van der Waals surface area contributed by atoms with Crippen LogP contribution in [0.3, 0.4) is 0 Å². The van der Waals surface area contributed by atoms with E-state index < -0.39 is 11.3 Å². The fourth-order valence-electron chi connectivity index (χ4n) is 7.77. The molecule has 0 radical (unpaired) electrons. The third kappa shape index (κ3) is 4.70. The van der Waals surface area contributed by atoms with Crippen LogP contribution in [-0.2, 0) is 5.54 Å². The molecule has 7 heterocycles. The maximum absolute atomic E-state index is 15.1. The van der Waals surface area contributed by atoms with E-state index in [2.05, 4.69) is 63.7 Å². The van der Waals surface area contributed by atoms with Gasteiger partial charge >= 0.3 is 6.03 Å². The molecule has 0 spiro atoms. The lowest BCUT2D eigenvalue weighted by atomic mass is 9.74. The van der Waals surface area contributed by atoms with E-state index in [-0.39, 0.29) is 6.03 Å². The van der Waals surface area contributed by atoms with E-state index >= 15 is 4.79 Å². The lowest BCUT2D eigenvalue weighted by Crippen LogP contribution is -2.89. The Hall–Kier alpha value is -3.75. The molecule has 232 valence electrons. The number of nitrogens with one attached hydrogen (secondary N) is 3. The second-order valence-electron chi connectivity index (χ2n) is 11.7. The average molecular weight is 599 g/mol. The summed E-state index contributed by atoms with van der Waals surface area (Å²) in [6, 6.07) is 10.2. The molecule has 7 rings (SSSR count). The molecule has 0 bridgehead atoms. The van der Waals surface area contributed by atoms with Gasteiger partial charge in [-0.1, -0.05) is 0 Å². The highest BCUT2D eigenvalue weighted by molar-refractivity contribution is 5.77. The Morgan fingerprint density at radius 2 is 1.27 bits per heavy atom. The number of piperazine rings is 4. The standard InChI is InChI=1S/C31H42N12O/c44-29(39-17-11-33-12-18-39)43-24-23-42(27-3-1-6-36-25-27)30(26-4-9-32-10-5-26,28-37-7-2-8-38-28)31(43,40-19-13-34-14-20-40)41-21-15-35-16-22-41/h1-10,25,33-35H,11-24H2. The number of amides is 2. The smallest absolute Gasteiger partial charge is 0.322 e. The molecule has 3 N–H and O–H groups in total. The van der Waals surface area contributed by atoms with Crippen LogP contribution in [0, 0.1) is 0 Å². The predicted octanol–water partition coefficient (Wildman–Crippen LogP) is -0.178.